The smallest absolute Gasteiger partial charge is 0.407 e. The van der Waals surface area contributed by atoms with Gasteiger partial charge in [0.15, 0.2) is 5.82 Å². The maximum absolute atomic E-state index is 12.1. The molecule has 1 aromatic heterocycles. The Hall–Kier alpha value is -3.75. The fourth-order valence-electron chi connectivity index (χ4n) is 3.84. The van der Waals surface area contributed by atoms with Crippen molar-refractivity contribution in [1.29, 1.82) is 0 Å². The molecule has 9 heteroatoms. The molecule has 1 aromatic carbocycles. The Kier molecular flexibility index (Phi) is 8.79. The number of nitrogens with one attached hydrogen (secondary N) is 2. The lowest BCUT2D eigenvalue weighted by molar-refractivity contribution is -0.141. The number of carbonyl (C=O) groups is 3. The Balaban J connectivity index is 1.55. The molecule has 1 aliphatic rings. The third kappa shape index (κ3) is 8.18. The van der Waals surface area contributed by atoms with Crippen molar-refractivity contribution in [3.8, 4) is 11.4 Å². The van der Waals surface area contributed by atoms with E-state index in [1.165, 1.54) is 6.92 Å². The fourth-order valence-corrected chi connectivity index (χ4v) is 3.84. The van der Waals surface area contributed by atoms with Crippen LogP contribution in [0, 0.1) is 0 Å². The van der Waals surface area contributed by atoms with Crippen molar-refractivity contribution in [1.82, 2.24) is 20.6 Å². The lowest BCUT2D eigenvalue weighted by Gasteiger charge is -2.26. The summed E-state index contributed by atoms with van der Waals surface area (Å²) in [6.45, 7) is 6.96. The highest BCUT2D eigenvalue weighted by Crippen LogP contribution is 2.27. The summed E-state index contributed by atoms with van der Waals surface area (Å²) in [5.41, 5.74) is 3.31. The van der Waals surface area contributed by atoms with Crippen molar-refractivity contribution in [2.24, 2.45) is 0 Å². The Morgan fingerprint density at radius 1 is 1.11 bits per heavy atom. The van der Waals surface area contributed by atoms with Crippen molar-refractivity contribution in [3.05, 3.63) is 53.9 Å². The van der Waals surface area contributed by atoms with Gasteiger partial charge in [-0.25, -0.2) is 14.8 Å². The number of aliphatic carboxylic acids is 1. The molecule has 3 rings (SSSR count). The van der Waals surface area contributed by atoms with Gasteiger partial charge in [0.25, 0.3) is 0 Å². The SMILES string of the molecule is C[C@@H](NC(=O)CCc1ccc(-c2ncc(C3=CCCC(NC(=O)OC(C)(C)C)C3)cn2)cc1)C(=O)O. The monoisotopic (exact) mass is 494 g/mol. The predicted molar refractivity (Wildman–Crippen MR) is 136 cm³/mol. The first-order chi connectivity index (χ1) is 17.0. The standard InChI is InChI=1S/C27H34N4O5/c1-17(25(33)34)30-23(32)13-10-18-8-11-19(12-9-18)24-28-15-21(16-29-24)20-6-5-7-22(14-20)31-26(35)36-27(2,3)4/h6,8-9,11-12,15-17,22H,5,7,10,13-14H2,1-4H3,(H,30,32)(H,31,35)(H,33,34)/t17-,22?/m1/s1. The number of benzene rings is 1. The van der Waals surface area contributed by atoms with Gasteiger partial charge in [0, 0.05) is 36.0 Å². The van der Waals surface area contributed by atoms with Crippen LogP contribution in [0.2, 0.25) is 0 Å². The minimum absolute atomic E-state index is 0.00138. The summed E-state index contributed by atoms with van der Waals surface area (Å²) in [5, 5.41) is 14.3. The van der Waals surface area contributed by atoms with Gasteiger partial charge in [-0.2, -0.15) is 0 Å². The van der Waals surface area contributed by atoms with Gasteiger partial charge in [0.1, 0.15) is 11.6 Å². The maximum Gasteiger partial charge on any atom is 0.407 e. The summed E-state index contributed by atoms with van der Waals surface area (Å²) in [4.78, 5) is 43.9. The number of rotatable bonds is 8. The molecule has 1 unspecified atom stereocenters. The van der Waals surface area contributed by atoms with Gasteiger partial charge in [-0.3, -0.25) is 9.59 Å². The number of alkyl carbamates (subject to hydrolysis) is 1. The average molecular weight is 495 g/mol. The summed E-state index contributed by atoms with van der Waals surface area (Å²) in [7, 11) is 0. The molecule has 0 bridgehead atoms. The van der Waals surface area contributed by atoms with E-state index in [0.29, 0.717) is 18.7 Å². The van der Waals surface area contributed by atoms with Crippen LogP contribution < -0.4 is 10.6 Å². The van der Waals surface area contributed by atoms with Crippen LogP contribution in [0.5, 0.6) is 0 Å². The first-order valence-electron chi connectivity index (χ1n) is 12.1. The average Bonchev–Trinajstić information content (AvgIpc) is 2.82. The number of nitrogens with zero attached hydrogens (tertiary/aromatic N) is 2. The molecular weight excluding hydrogens is 460 g/mol. The van der Waals surface area contributed by atoms with E-state index in [2.05, 4.69) is 26.7 Å². The third-order valence-corrected chi connectivity index (χ3v) is 5.72. The molecule has 1 aliphatic carbocycles. The van der Waals surface area contributed by atoms with Crippen LogP contribution in [-0.2, 0) is 20.7 Å². The maximum atomic E-state index is 12.1. The van der Waals surface area contributed by atoms with Crippen molar-refractivity contribution >= 4 is 23.5 Å². The number of aromatic nitrogens is 2. The lowest BCUT2D eigenvalue weighted by Crippen LogP contribution is -2.39. The van der Waals surface area contributed by atoms with Crippen molar-refractivity contribution in [3.63, 3.8) is 0 Å². The summed E-state index contributed by atoms with van der Waals surface area (Å²) >= 11 is 0. The predicted octanol–water partition coefficient (Wildman–Crippen LogP) is 4.13. The van der Waals surface area contributed by atoms with E-state index in [1.807, 2.05) is 45.0 Å². The van der Waals surface area contributed by atoms with Crippen LogP contribution in [-0.4, -0.2) is 50.7 Å². The van der Waals surface area contributed by atoms with Crippen molar-refractivity contribution in [2.75, 3.05) is 0 Å². The van der Waals surface area contributed by atoms with Gasteiger partial charge in [-0.1, -0.05) is 30.3 Å². The highest BCUT2D eigenvalue weighted by atomic mass is 16.6. The molecule has 2 amide bonds. The first-order valence-corrected chi connectivity index (χ1v) is 12.1. The fraction of sp³-hybridized carbons (Fsp3) is 0.444. The zero-order valence-electron chi connectivity index (χ0n) is 21.2. The number of allylic oxidation sites excluding steroid dienone is 1. The Labute approximate surface area is 211 Å². The van der Waals surface area contributed by atoms with E-state index in [1.54, 1.807) is 12.4 Å². The van der Waals surface area contributed by atoms with Crippen molar-refractivity contribution < 1.29 is 24.2 Å². The number of carboxylic acid groups (broad SMARTS) is 1. The highest BCUT2D eigenvalue weighted by molar-refractivity contribution is 5.83. The summed E-state index contributed by atoms with van der Waals surface area (Å²) in [6, 6.07) is 6.73. The van der Waals surface area contributed by atoms with Gasteiger partial charge in [-0.05, 0) is 64.5 Å². The molecule has 9 nitrogen and oxygen atoms in total. The quantitative estimate of drug-likeness (QED) is 0.503. The molecule has 0 fully saturated rings. The van der Waals surface area contributed by atoms with E-state index in [-0.39, 0.29) is 18.4 Å². The number of ether oxygens (including phenoxy) is 1. The third-order valence-electron chi connectivity index (χ3n) is 5.72. The summed E-state index contributed by atoms with van der Waals surface area (Å²) < 4.78 is 5.37. The zero-order chi connectivity index (χ0) is 26.3. The van der Waals surface area contributed by atoms with E-state index in [0.717, 1.165) is 35.1 Å². The van der Waals surface area contributed by atoms with Gasteiger partial charge < -0.3 is 20.5 Å². The number of amides is 2. The Bertz CT molecular complexity index is 1100. The summed E-state index contributed by atoms with van der Waals surface area (Å²) in [5.74, 6) is -0.762. The minimum atomic E-state index is -1.06. The van der Waals surface area contributed by atoms with Crippen LogP contribution in [0.25, 0.3) is 17.0 Å². The molecule has 0 aliphatic heterocycles. The molecule has 3 N–H and O–H groups in total. The van der Waals surface area contributed by atoms with Crippen LogP contribution in [0.1, 0.15) is 64.5 Å². The van der Waals surface area contributed by atoms with E-state index in [9.17, 15) is 14.4 Å². The Morgan fingerprint density at radius 2 is 1.78 bits per heavy atom. The number of hydrogen-bond acceptors (Lipinski definition) is 6. The second-order valence-corrected chi connectivity index (χ2v) is 9.97. The minimum Gasteiger partial charge on any atom is -0.480 e. The molecule has 1 heterocycles. The van der Waals surface area contributed by atoms with Gasteiger partial charge in [0.05, 0.1) is 0 Å². The number of carbonyl (C=O) groups excluding carboxylic acids is 2. The van der Waals surface area contributed by atoms with Crippen LogP contribution in [0.15, 0.2) is 42.7 Å². The molecule has 0 saturated heterocycles. The highest BCUT2D eigenvalue weighted by Gasteiger charge is 2.22. The summed E-state index contributed by atoms with van der Waals surface area (Å²) in [6.07, 6.45) is 8.47. The molecule has 192 valence electrons. The van der Waals surface area contributed by atoms with Gasteiger partial charge in [-0.15, -0.1) is 0 Å². The van der Waals surface area contributed by atoms with Gasteiger partial charge >= 0.3 is 12.1 Å². The zero-order valence-corrected chi connectivity index (χ0v) is 21.2. The molecule has 0 spiro atoms. The molecule has 0 saturated carbocycles. The number of hydrogen-bond donors (Lipinski definition) is 3. The lowest BCUT2D eigenvalue weighted by atomic mass is 9.91. The van der Waals surface area contributed by atoms with E-state index >= 15 is 0 Å². The van der Waals surface area contributed by atoms with E-state index in [4.69, 9.17) is 9.84 Å². The van der Waals surface area contributed by atoms with Crippen LogP contribution in [0.3, 0.4) is 0 Å². The van der Waals surface area contributed by atoms with E-state index < -0.39 is 23.7 Å². The second-order valence-electron chi connectivity index (χ2n) is 9.97. The first kappa shape index (κ1) is 26.8. The molecule has 36 heavy (non-hydrogen) atoms. The molecule has 2 aromatic rings. The molecule has 0 radical (unpaired) electrons. The normalized spacial score (nSPS) is 16.4. The second kappa shape index (κ2) is 11.8. The largest absolute Gasteiger partial charge is 0.480 e. The van der Waals surface area contributed by atoms with Crippen molar-refractivity contribution in [2.45, 2.75) is 77.5 Å². The number of aryl methyl sites for hydroxylation is 1. The van der Waals surface area contributed by atoms with Crippen LogP contribution >= 0.6 is 0 Å². The van der Waals surface area contributed by atoms with Gasteiger partial charge in [0.2, 0.25) is 5.91 Å². The topological polar surface area (TPSA) is 131 Å². The Morgan fingerprint density at radius 3 is 2.39 bits per heavy atom. The molecule has 2 atom stereocenters. The number of carboxylic acids is 1. The van der Waals surface area contributed by atoms with Crippen LogP contribution in [0.4, 0.5) is 4.79 Å². The molecular formula is C27H34N4O5.